The Balaban J connectivity index is 0.000000810. The summed E-state index contributed by atoms with van der Waals surface area (Å²) >= 11 is 0. The van der Waals surface area contributed by atoms with Gasteiger partial charge in [0, 0.05) is 32.7 Å². The van der Waals surface area contributed by atoms with Gasteiger partial charge in [-0.25, -0.2) is 0 Å². The fourth-order valence-electron chi connectivity index (χ4n) is 0.777. The summed E-state index contributed by atoms with van der Waals surface area (Å²) in [7, 11) is 3.34. The second kappa shape index (κ2) is 3.50. The molecular weight excluding hydrogens is 220 g/mol. The Kier molecular flexibility index (Phi) is 3.80. The normalized spacial score (nSPS) is 21.6. The predicted molar refractivity (Wildman–Crippen MR) is 26.5 cm³/mol. The zero-order valence-electron chi connectivity index (χ0n) is 5.36. The average molecular weight is 227 g/mol. The van der Waals surface area contributed by atoms with Gasteiger partial charge in [-0.05, 0) is 13.1 Å². The van der Waals surface area contributed by atoms with Crippen LogP contribution in [0.3, 0.4) is 0 Å². The van der Waals surface area contributed by atoms with Crippen molar-refractivity contribution < 1.29 is 45.9 Å². The van der Waals surface area contributed by atoms with E-state index in [1.807, 2.05) is 0 Å². The molecule has 1 aliphatic rings. The summed E-state index contributed by atoms with van der Waals surface area (Å²) < 4.78 is 34.9. The van der Waals surface area contributed by atoms with E-state index in [9.17, 15) is 13.2 Å². The first-order chi connectivity index (χ1) is 4.00. The predicted octanol–water partition coefficient (Wildman–Crippen LogP) is 1.27. The Morgan fingerprint density at radius 3 is 1.80 bits per heavy atom. The molecule has 1 heterocycles. The van der Waals surface area contributed by atoms with Crippen LogP contribution in [0, 0.1) is 13.0 Å². The van der Waals surface area contributed by atoms with Crippen molar-refractivity contribution >= 4 is 0 Å². The van der Waals surface area contributed by atoms with Crippen LogP contribution in [-0.2, 0) is 32.7 Å². The molecule has 0 aliphatic carbocycles. The third-order valence-electron chi connectivity index (χ3n) is 1.42. The van der Waals surface area contributed by atoms with Crippen LogP contribution in [0.2, 0.25) is 0 Å². The van der Waals surface area contributed by atoms with E-state index in [1.165, 1.54) is 4.90 Å². The van der Waals surface area contributed by atoms with E-state index in [1.54, 1.807) is 0 Å². The first-order valence-electron chi connectivity index (χ1n) is 2.62. The smallest absolute Gasteiger partial charge is 0.394 e. The number of rotatable bonds is 0. The number of halogens is 3. The van der Waals surface area contributed by atoms with Gasteiger partial charge in [-0.2, -0.15) is 13.2 Å². The zero-order valence-corrected chi connectivity index (χ0v) is 8.20. The Labute approximate surface area is 82.8 Å². The largest absolute Gasteiger partial charge is 0.458 e. The van der Waals surface area contributed by atoms with Gasteiger partial charge >= 0.3 is 6.18 Å². The zero-order chi connectivity index (χ0) is 7.07. The van der Waals surface area contributed by atoms with Gasteiger partial charge in [0.05, 0.1) is 5.92 Å². The molecule has 0 spiro atoms. The summed E-state index contributed by atoms with van der Waals surface area (Å²) in [5.74, 6) is -1.13. The van der Waals surface area contributed by atoms with E-state index in [0.29, 0.717) is 0 Å². The summed E-state index contributed by atoms with van der Waals surface area (Å²) in [6.07, 6.45) is -4.01. The minimum atomic E-state index is -4.01. The SMILES string of the molecule is [CH2-]N1CC(C(F)(F)F)C1.[Y]. The van der Waals surface area contributed by atoms with Crippen LogP contribution in [0.5, 0.6) is 0 Å². The summed E-state index contributed by atoms with van der Waals surface area (Å²) in [5, 5.41) is 0. The molecule has 1 aliphatic heterocycles. The molecule has 0 amide bonds. The Morgan fingerprint density at radius 2 is 1.70 bits per heavy atom. The van der Waals surface area contributed by atoms with E-state index in [4.69, 9.17) is 0 Å². The van der Waals surface area contributed by atoms with Crippen molar-refractivity contribution in [3.63, 3.8) is 0 Å². The molecule has 0 aromatic carbocycles. The van der Waals surface area contributed by atoms with E-state index >= 15 is 0 Å². The Morgan fingerprint density at radius 1 is 1.30 bits per heavy atom. The van der Waals surface area contributed by atoms with Gasteiger partial charge in [-0.15, -0.1) is 0 Å². The van der Waals surface area contributed by atoms with Crippen LogP contribution in [0.25, 0.3) is 0 Å². The number of alkyl halides is 3. The topological polar surface area (TPSA) is 3.24 Å². The van der Waals surface area contributed by atoms with Crippen molar-refractivity contribution in [2.45, 2.75) is 6.18 Å². The van der Waals surface area contributed by atoms with Crippen molar-refractivity contribution in [1.82, 2.24) is 4.90 Å². The summed E-state index contributed by atoms with van der Waals surface area (Å²) in [6.45, 7) is 0.118. The maximum Gasteiger partial charge on any atom is 0.394 e. The molecule has 1 rings (SSSR count). The van der Waals surface area contributed by atoms with Gasteiger partial charge in [-0.1, -0.05) is 0 Å². The van der Waals surface area contributed by atoms with Crippen LogP contribution in [0.15, 0.2) is 0 Å². The molecule has 0 unspecified atom stereocenters. The van der Waals surface area contributed by atoms with Crippen molar-refractivity contribution in [2.24, 2.45) is 5.92 Å². The van der Waals surface area contributed by atoms with Crippen molar-refractivity contribution in [3.8, 4) is 0 Å². The molecule has 0 aromatic heterocycles. The first-order valence-corrected chi connectivity index (χ1v) is 2.62. The number of hydrogen-bond donors (Lipinski definition) is 0. The van der Waals surface area contributed by atoms with Gasteiger partial charge in [0.15, 0.2) is 0 Å². The van der Waals surface area contributed by atoms with Crippen LogP contribution >= 0.6 is 0 Å². The van der Waals surface area contributed by atoms with Crippen LogP contribution in [-0.4, -0.2) is 24.2 Å². The fraction of sp³-hybridized carbons (Fsp3) is 0.800. The minimum Gasteiger partial charge on any atom is -0.458 e. The molecule has 57 valence electrons. The third kappa shape index (κ3) is 2.48. The number of hydrogen-bond acceptors (Lipinski definition) is 1. The molecule has 0 atom stereocenters. The summed E-state index contributed by atoms with van der Waals surface area (Å²) in [4.78, 5) is 1.40. The molecule has 1 nitrogen and oxygen atoms in total. The molecular formula is C5H7F3NY-. The van der Waals surface area contributed by atoms with E-state index in [2.05, 4.69) is 7.05 Å². The van der Waals surface area contributed by atoms with E-state index in [-0.39, 0.29) is 45.8 Å². The standard InChI is InChI=1S/C5H7F3N.Y/c1-9-2-4(3-9)5(6,7)8;/h4H,1-3H2;/q-1;. The van der Waals surface area contributed by atoms with Gasteiger partial charge < -0.3 is 4.90 Å². The monoisotopic (exact) mass is 227 g/mol. The maximum absolute atomic E-state index is 11.6. The molecule has 1 saturated heterocycles. The number of likely N-dealkylation sites (tertiary alicyclic amines) is 1. The minimum absolute atomic E-state index is 0. The molecule has 1 radical (unpaired) electrons. The van der Waals surface area contributed by atoms with Gasteiger partial charge in [0.25, 0.3) is 0 Å². The van der Waals surface area contributed by atoms with Crippen molar-refractivity contribution in [3.05, 3.63) is 7.05 Å². The molecule has 5 heteroatoms. The first kappa shape index (κ1) is 10.9. The van der Waals surface area contributed by atoms with Gasteiger partial charge in [0.1, 0.15) is 0 Å². The third-order valence-corrected chi connectivity index (χ3v) is 1.42. The summed E-state index contributed by atoms with van der Waals surface area (Å²) in [6, 6.07) is 0. The van der Waals surface area contributed by atoms with Crippen LogP contribution in [0.1, 0.15) is 0 Å². The second-order valence-electron chi connectivity index (χ2n) is 2.27. The quantitative estimate of drug-likeness (QED) is 0.563. The molecule has 1 fully saturated rings. The second-order valence-corrected chi connectivity index (χ2v) is 2.27. The van der Waals surface area contributed by atoms with E-state index in [0.717, 1.165) is 0 Å². The molecule has 0 aromatic rings. The molecule has 10 heavy (non-hydrogen) atoms. The van der Waals surface area contributed by atoms with Crippen LogP contribution < -0.4 is 0 Å². The maximum atomic E-state index is 11.6. The Bertz CT molecular complexity index is 108. The summed E-state index contributed by atoms with van der Waals surface area (Å²) in [5.41, 5.74) is 0. The van der Waals surface area contributed by atoms with Crippen LogP contribution in [0.4, 0.5) is 13.2 Å². The molecule has 0 N–H and O–H groups in total. The van der Waals surface area contributed by atoms with Gasteiger partial charge in [-0.3, -0.25) is 7.05 Å². The van der Waals surface area contributed by atoms with Crippen molar-refractivity contribution in [1.29, 1.82) is 0 Å². The number of nitrogens with zero attached hydrogens (tertiary/aromatic N) is 1. The Hall–Kier alpha value is 0.854. The molecule has 0 bridgehead atoms. The fourth-order valence-corrected chi connectivity index (χ4v) is 0.777. The van der Waals surface area contributed by atoms with E-state index < -0.39 is 12.1 Å². The average Bonchev–Trinajstić information content (AvgIpc) is 1.55. The molecule has 0 saturated carbocycles. The van der Waals surface area contributed by atoms with Crippen molar-refractivity contribution in [2.75, 3.05) is 13.1 Å². The van der Waals surface area contributed by atoms with Gasteiger partial charge in [0.2, 0.25) is 0 Å².